The molecule has 1 heterocycles. The van der Waals surface area contributed by atoms with E-state index < -0.39 is 0 Å². The molecule has 2 unspecified atom stereocenters. The zero-order chi connectivity index (χ0) is 20.1. The Morgan fingerprint density at radius 3 is 2.46 bits per heavy atom. The Morgan fingerprint density at radius 2 is 1.82 bits per heavy atom. The largest absolute Gasteiger partial charge is 0.492 e. The predicted molar refractivity (Wildman–Crippen MR) is 112 cm³/mol. The number of rotatable bonds is 6. The van der Waals surface area contributed by atoms with Crippen molar-refractivity contribution in [1.29, 1.82) is 0 Å². The van der Waals surface area contributed by atoms with Gasteiger partial charge >= 0.3 is 0 Å². The first-order chi connectivity index (χ1) is 13.4. The molecular weight excluding hydrogens is 352 g/mol. The quantitative estimate of drug-likeness (QED) is 0.811. The second-order valence-electron chi connectivity index (χ2n) is 7.54. The fourth-order valence-electron chi connectivity index (χ4n) is 3.64. The molecule has 1 saturated heterocycles. The second-order valence-corrected chi connectivity index (χ2v) is 7.54. The number of carbonyl (C=O) groups is 1. The van der Waals surface area contributed by atoms with Gasteiger partial charge in [0.1, 0.15) is 5.75 Å². The van der Waals surface area contributed by atoms with Crippen LogP contribution in [0.4, 0.5) is 5.69 Å². The molecule has 0 aromatic heterocycles. The van der Waals surface area contributed by atoms with Crippen molar-refractivity contribution in [3.05, 3.63) is 59.2 Å². The minimum atomic E-state index is -0.134. The van der Waals surface area contributed by atoms with E-state index >= 15 is 0 Å². The van der Waals surface area contributed by atoms with Gasteiger partial charge in [0.2, 0.25) is 0 Å². The van der Waals surface area contributed by atoms with Crippen molar-refractivity contribution >= 4 is 11.6 Å². The highest BCUT2D eigenvalue weighted by atomic mass is 16.5. The SMILES string of the molecule is CCOc1cc(C)ccc1NC(=O)c1ccc(CN2CC(C)OC(C)C2)cc1. The summed E-state index contributed by atoms with van der Waals surface area (Å²) < 4.78 is 11.4. The molecule has 0 aliphatic carbocycles. The molecule has 0 saturated carbocycles. The maximum atomic E-state index is 12.6. The Labute approximate surface area is 167 Å². The van der Waals surface area contributed by atoms with Gasteiger partial charge in [-0.05, 0) is 63.1 Å². The molecule has 1 amide bonds. The minimum absolute atomic E-state index is 0.134. The number of nitrogens with one attached hydrogen (secondary N) is 1. The molecule has 2 aromatic rings. The van der Waals surface area contributed by atoms with E-state index in [1.54, 1.807) is 0 Å². The standard InChI is InChI=1S/C23H30N2O3/c1-5-27-22-12-16(2)6-11-21(22)24-23(26)20-9-7-19(8-10-20)15-25-13-17(3)28-18(4)14-25/h6-12,17-18H,5,13-15H2,1-4H3,(H,24,26). The molecule has 1 aliphatic heterocycles. The summed E-state index contributed by atoms with van der Waals surface area (Å²) in [6.45, 7) is 11.4. The minimum Gasteiger partial charge on any atom is -0.492 e. The van der Waals surface area contributed by atoms with Crippen LogP contribution in [0.15, 0.2) is 42.5 Å². The lowest BCUT2D eigenvalue weighted by molar-refractivity contribution is -0.0704. The zero-order valence-corrected chi connectivity index (χ0v) is 17.2. The molecule has 1 fully saturated rings. The first-order valence-corrected chi connectivity index (χ1v) is 9.96. The molecule has 5 heteroatoms. The highest BCUT2D eigenvalue weighted by molar-refractivity contribution is 6.05. The topological polar surface area (TPSA) is 50.8 Å². The zero-order valence-electron chi connectivity index (χ0n) is 17.2. The van der Waals surface area contributed by atoms with Crippen molar-refractivity contribution in [2.45, 2.75) is 46.4 Å². The van der Waals surface area contributed by atoms with E-state index in [1.807, 2.05) is 56.3 Å². The number of nitrogens with zero attached hydrogens (tertiary/aromatic N) is 1. The van der Waals surface area contributed by atoms with E-state index in [2.05, 4.69) is 24.1 Å². The Hall–Kier alpha value is -2.37. The molecule has 0 bridgehead atoms. The van der Waals surface area contributed by atoms with Crippen LogP contribution in [0, 0.1) is 6.92 Å². The van der Waals surface area contributed by atoms with Gasteiger partial charge in [-0.15, -0.1) is 0 Å². The van der Waals surface area contributed by atoms with Crippen LogP contribution in [0.2, 0.25) is 0 Å². The highest BCUT2D eigenvalue weighted by Gasteiger charge is 2.22. The average molecular weight is 383 g/mol. The monoisotopic (exact) mass is 382 g/mol. The molecule has 1 N–H and O–H groups in total. The number of carbonyl (C=O) groups excluding carboxylic acids is 1. The summed E-state index contributed by atoms with van der Waals surface area (Å²) in [5.74, 6) is 0.563. The van der Waals surface area contributed by atoms with Gasteiger partial charge in [0.25, 0.3) is 5.91 Å². The lowest BCUT2D eigenvalue weighted by Crippen LogP contribution is -2.44. The molecule has 5 nitrogen and oxygen atoms in total. The molecule has 2 atom stereocenters. The summed E-state index contributed by atoms with van der Waals surface area (Å²) in [5, 5.41) is 2.96. The van der Waals surface area contributed by atoms with Gasteiger partial charge in [-0.25, -0.2) is 0 Å². The predicted octanol–water partition coefficient (Wildman–Crippen LogP) is 4.26. The van der Waals surface area contributed by atoms with Crippen molar-refractivity contribution in [1.82, 2.24) is 4.90 Å². The van der Waals surface area contributed by atoms with Crippen molar-refractivity contribution in [3.63, 3.8) is 0 Å². The van der Waals surface area contributed by atoms with E-state index in [4.69, 9.17) is 9.47 Å². The van der Waals surface area contributed by atoms with Crippen LogP contribution in [0.3, 0.4) is 0 Å². The van der Waals surface area contributed by atoms with Gasteiger partial charge in [0, 0.05) is 25.2 Å². The Kier molecular flexibility index (Phi) is 6.70. The third-order valence-corrected chi connectivity index (χ3v) is 4.80. The van der Waals surface area contributed by atoms with Crippen LogP contribution in [-0.4, -0.2) is 42.7 Å². The molecule has 28 heavy (non-hydrogen) atoms. The smallest absolute Gasteiger partial charge is 0.255 e. The number of aryl methyl sites for hydroxylation is 1. The molecule has 150 valence electrons. The molecule has 0 spiro atoms. The first-order valence-electron chi connectivity index (χ1n) is 9.96. The van der Waals surface area contributed by atoms with E-state index in [0.29, 0.717) is 23.6 Å². The van der Waals surface area contributed by atoms with E-state index in [0.717, 1.165) is 25.2 Å². The summed E-state index contributed by atoms with van der Waals surface area (Å²) in [6, 6.07) is 13.6. The lowest BCUT2D eigenvalue weighted by Gasteiger charge is -2.35. The summed E-state index contributed by atoms with van der Waals surface area (Å²) in [5.41, 5.74) is 3.62. The Balaban J connectivity index is 1.64. The third-order valence-electron chi connectivity index (χ3n) is 4.80. The molecule has 2 aromatic carbocycles. The van der Waals surface area contributed by atoms with Crippen LogP contribution in [0.1, 0.15) is 42.3 Å². The normalized spacial score (nSPS) is 20.0. The Morgan fingerprint density at radius 1 is 1.14 bits per heavy atom. The number of amides is 1. The van der Waals surface area contributed by atoms with Gasteiger partial charge in [0.05, 0.1) is 24.5 Å². The van der Waals surface area contributed by atoms with Crippen LogP contribution in [-0.2, 0) is 11.3 Å². The van der Waals surface area contributed by atoms with Crippen LogP contribution in [0.5, 0.6) is 5.75 Å². The molecule has 1 aliphatic rings. The number of hydrogen-bond acceptors (Lipinski definition) is 4. The van der Waals surface area contributed by atoms with Gasteiger partial charge in [0.15, 0.2) is 0 Å². The van der Waals surface area contributed by atoms with Gasteiger partial charge < -0.3 is 14.8 Å². The van der Waals surface area contributed by atoms with Crippen molar-refractivity contribution in [2.75, 3.05) is 25.0 Å². The number of ether oxygens (including phenoxy) is 2. The molecule has 0 radical (unpaired) electrons. The van der Waals surface area contributed by atoms with Crippen LogP contribution < -0.4 is 10.1 Å². The first kappa shape index (κ1) is 20.4. The van der Waals surface area contributed by atoms with Crippen LogP contribution in [0.25, 0.3) is 0 Å². The van der Waals surface area contributed by atoms with Crippen molar-refractivity contribution < 1.29 is 14.3 Å². The second kappa shape index (κ2) is 9.22. The number of benzene rings is 2. The Bertz CT molecular complexity index is 794. The van der Waals surface area contributed by atoms with E-state index in [-0.39, 0.29) is 18.1 Å². The average Bonchev–Trinajstić information content (AvgIpc) is 2.64. The van der Waals surface area contributed by atoms with Gasteiger partial charge in [-0.2, -0.15) is 0 Å². The number of anilines is 1. The van der Waals surface area contributed by atoms with E-state index in [9.17, 15) is 4.79 Å². The summed E-state index contributed by atoms with van der Waals surface area (Å²) >= 11 is 0. The van der Waals surface area contributed by atoms with Crippen molar-refractivity contribution in [3.8, 4) is 5.75 Å². The molecular formula is C23H30N2O3. The maximum Gasteiger partial charge on any atom is 0.255 e. The summed E-state index contributed by atoms with van der Waals surface area (Å²) in [6.07, 6.45) is 0.505. The summed E-state index contributed by atoms with van der Waals surface area (Å²) in [7, 11) is 0. The molecule has 3 rings (SSSR count). The number of hydrogen-bond donors (Lipinski definition) is 1. The van der Waals surface area contributed by atoms with E-state index in [1.165, 1.54) is 5.56 Å². The fourth-order valence-corrected chi connectivity index (χ4v) is 3.64. The van der Waals surface area contributed by atoms with Crippen LogP contribution >= 0.6 is 0 Å². The van der Waals surface area contributed by atoms with Crippen molar-refractivity contribution in [2.24, 2.45) is 0 Å². The highest BCUT2D eigenvalue weighted by Crippen LogP contribution is 2.26. The number of morpholine rings is 1. The fraction of sp³-hybridized carbons (Fsp3) is 0.435. The van der Waals surface area contributed by atoms with Gasteiger partial charge in [-0.3, -0.25) is 9.69 Å². The maximum absolute atomic E-state index is 12.6. The summed E-state index contributed by atoms with van der Waals surface area (Å²) in [4.78, 5) is 15.0. The third kappa shape index (κ3) is 5.33. The van der Waals surface area contributed by atoms with Gasteiger partial charge in [-0.1, -0.05) is 18.2 Å². The lowest BCUT2D eigenvalue weighted by atomic mass is 10.1.